The van der Waals surface area contributed by atoms with Crippen LogP contribution in [0.5, 0.6) is 0 Å². The van der Waals surface area contributed by atoms with Crippen LogP contribution in [-0.4, -0.2) is 11.5 Å². The molecule has 0 amide bonds. The van der Waals surface area contributed by atoms with Crippen molar-refractivity contribution in [2.45, 2.75) is 46.0 Å². The van der Waals surface area contributed by atoms with E-state index in [2.05, 4.69) is 44.1 Å². The molecule has 0 aliphatic carbocycles. The highest BCUT2D eigenvalue weighted by molar-refractivity contribution is 7.09. The zero-order valence-corrected chi connectivity index (χ0v) is 11.5. The Morgan fingerprint density at radius 1 is 1.50 bits per heavy atom. The second-order valence-corrected chi connectivity index (χ2v) is 6.12. The first-order chi connectivity index (χ1) is 7.43. The molecule has 0 spiro atoms. The molecule has 2 N–H and O–H groups in total. The summed E-state index contributed by atoms with van der Waals surface area (Å²) < 4.78 is 0. The number of allylic oxidation sites excluding steroid dienone is 1. The van der Waals surface area contributed by atoms with Crippen LogP contribution in [0.1, 0.15) is 44.8 Å². The van der Waals surface area contributed by atoms with Crippen molar-refractivity contribution in [3.63, 3.8) is 0 Å². The molecule has 0 fully saturated rings. The molecule has 0 radical (unpaired) electrons. The normalized spacial score (nSPS) is 13.2. The molecule has 0 aliphatic heterocycles. The lowest BCUT2D eigenvalue weighted by molar-refractivity contribution is 0.571. The lowest BCUT2D eigenvalue weighted by atomic mass is 9.93. The van der Waals surface area contributed by atoms with Gasteiger partial charge in [0.2, 0.25) is 0 Å². The topological polar surface area (TPSA) is 38.9 Å². The summed E-state index contributed by atoms with van der Waals surface area (Å²) in [4.78, 5) is 4.68. The number of thiazole rings is 1. The van der Waals surface area contributed by atoms with E-state index < -0.39 is 0 Å². The Morgan fingerprint density at radius 2 is 2.19 bits per heavy atom. The fourth-order valence-electron chi connectivity index (χ4n) is 1.38. The maximum absolute atomic E-state index is 5.47. The molecule has 1 rings (SSSR count). The van der Waals surface area contributed by atoms with E-state index in [1.54, 1.807) is 11.3 Å². The second kappa shape index (κ2) is 5.60. The Morgan fingerprint density at radius 3 is 2.69 bits per heavy atom. The molecule has 0 saturated heterocycles. The minimum atomic E-state index is 0.156. The summed E-state index contributed by atoms with van der Waals surface area (Å²) in [6, 6.07) is 0. The number of aromatic nitrogens is 1. The van der Waals surface area contributed by atoms with Crippen LogP contribution in [0.25, 0.3) is 0 Å². The standard InChI is InChI=1S/C13H22N2S/c1-10(6-5-7-14)8-12-15-11(9-16-12)13(2,3)4/h6,9H,5,7-8,14H2,1-4H3. The lowest BCUT2D eigenvalue weighted by Crippen LogP contribution is -2.11. The van der Waals surface area contributed by atoms with Gasteiger partial charge >= 0.3 is 0 Å². The zero-order valence-electron chi connectivity index (χ0n) is 10.7. The van der Waals surface area contributed by atoms with E-state index in [1.807, 2.05) is 0 Å². The van der Waals surface area contributed by atoms with Gasteiger partial charge in [0.15, 0.2) is 0 Å². The SMILES string of the molecule is CC(=CCCN)Cc1nc(C(C)(C)C)cs1. The van der Waals surface area contributed by atoms with Crippen molar-refractivity contribution in [1.82, 2.24) is 4.98 Å². The molecule has 1 heterocycles. The third-order valence-corrected chi connectivity index (χ3v) is 3.26. The van der Waals surface area contributed by atoms with Crippen LogP contribution in [0.15, 0.2) is 17.0 Å². The first-order valence-electron chi connectivity index (χ1n) is 5.74. The molecule has 0 atom stereocenters. The summed E-state index contributed by atoms with van der Waals surface area (Å²) in [5.41, 5.74) is 8.19. The Kier molecular flexibility index (Phi) is 4.69. The fraction of sp³-hybridized carbons (Fsp3) is 0.615. The molecular formula is C13H22N2S. The Balaban J connectivity index is 2.66. The predicted octanol–water partition coefficient (Wildman–Crippen LogP) is 3.28. The van der Waals surface area contributed by atoms with Gasteiger partial charge in [-0.05, 0) is 19.9 Å². The molecule has 1 aromatic rings. The molecule has 16 heavy (non-hydrogen) atoms. The van der Waals surface area contributed by atoms with Crippen molar-refractivity contribution in [1.29, 1.82) is 0 Å². The smallest absolute Gasteiger partial charge is 0.0968 e. The molecule has 0 aromatic carbocycles. The van der Waals surface area contributed by atoms with Crippen LogP contribution in [-0.2, 0) is 11.8 Å². The van der Waals surface area contributed by atoms with Gasteiger partial charge in [0, 0.05) is 17.2 Å². The molecule has 90 valence electrons. The monoisotopic (exact) mass is 238 g/mol. The summed E-state index contributed by atoms with van der Waals surface area (Å²) in [5.74, 6) is 0. The Labute approximate surface area is 103 Å². The summed E-state index contributed by atoms with van der Waals surface area (Å²) in [6.45, 7) is 9.46. The molecule has 0 bridgehead atoms. The summed E-state index contributed by atoms with van der Waals surface area (Å²) in [7, 11) is 0. The Bertz CT molecular complexity index is 358. The van der Waals surface area contributed by atoms with E-state index in [4.69, 9.17) is 5.73 Å². The van der Waals surface area contributed by atoms with Gasteiger partial charge in [-0.25, -0.2) is 4.98 Å². The number of nitrogens with two attached hydrogens (primary N) is 1. The minimum absolute atomic E-state index is 0.156. The van der Waals surface area contributed by atoms with Gasteiger partial charge in [0.05, 0.1) is 10.7 Å². The van der Waals surface area contributed by atoms with Gasteiger partial charge in [0.25, 0.3) is 0 Å². The van der Waals surface area contributed by atoms with E-state index in [0.717, 1.165) is 19.4 Å². The van der Waals surface area contributed by atoms with Crippen molar-refractivity contribution >= 4 is 11.3 Å². The van der Waals surface area contributed by atoms with Crippen molar-refractivity contribution in [3.8, 4) is 0 Å². The number of rotatable bonds is 4. The van der Waals surface area contributed by atoms with E-state index >= 15 is 0 Å². The third kappa shape index (κ3) is 4.06. The van der Waals surface area contributed by atoms with Gasteiger partial charge in [-0.2, -0.15) is 0 Å². The largest absolute Gasteiger partial charge is 0.330 e. The van der Waals surface area contributed by atoms with E-state index in [1.165, 1.54) is 16.3 Å². The van der Waals surface area contributed by atoms with Crippen LogP contribution in [0, 0.1) is 0 Å². The molecule has 1 aromatic heterocycles. The molecule has 3 heteroatoms. The average molecular weight is 238 g/mol. The Hall–Kier alpha value is -0.670. The maximum atomic E-state index is 5.47. The molecule has 0 unspecified atom stereocenters. The van der Waals surface area contributed by atoms with Crippen molar-refractivity contribution in [3.05, 3.63) is 27.7 Å². The quantitative estimate of drug-likeness (QED) is 0.818. The van der Waals surface area contributed by atoms with Crippen LogP contribution < -0.4 is 5.73 Å². The van der Waals surface area contributed by atoms with Gasteiger partial charge in [0.1, 0.15) is 0 Å². The molecular weight excluding hydrogens is 216 g/mol. The maximum Gasteiger partial charge on any atom is 0.0968 e. The van der Waals surface area contributed by atoms with E-state index in [-0.39, 0.29) is 5.41 Å². The highest BCUT2D eigenvalue weighted by Gasteiger charge is 2.17. The summed E-state index contributed by atoms with van der Waals surface area (Å²) in [5, 5.41) is 3.38. The van der Waals surface area contributed by atoms with Crippen LogP contribution in [0.2, 0.25) is 0 Å². The van der Waals surface area contributed by atoms with Gasteiger partial charge < -0.3 is 5.73 Å². The number of hydrogen-bond acceptors (Lipinski definition) is 3. The number of hydrogen-bond donors (Lipinski definition) is 1. The van der Waals surface area contributed by atoms with Gasteiger partial charge in [-0.3, -0.25) is 0 Å². The first kappa shape index (κ1) is 13.4. The minimum Gasteiger partial charge on any atom is -0.330 e. The summed E-state index contributed by atoms with van der Waals surface area (Å²) >= 11 is 1.76. The second-order valence-electron chi connectivity index (χ2n) is 5.18. The molecule has 0 saturated carbocycles. The average Bonchev–Trinajstić information content (AvgIpc) is 2.62. The first-order valence-corrected chi connectivity index (χ1v) is 6.62. The van der Waals surface area contributed by atoms with E-state index in [9.17, 15) is 0 Å². The van der Waals surface area contributed by atoms with Crippen molar-refractivity contribution < 1.29 is 0 Å². The van der Waals surface area contributed by atoms with Crippen molar-refractivity contribution in [2.75, 3.05) is 6.54 Å². The predicted molar refractivity (Wildman–Crippen MR) is 71.9 cm³/mol. The van der Waals surface area contributed by atoms with Crippen molar-refractivity contribution in [2.24, 2.45) is 5.73 Å². The summed E-state index contributed by atoms with van der Waals surface area (Å²) in [6.07, 6.45) is 4.13. The van der Waals surface area contributed by atoms with Crippen LogP contribution in [0.4, 0.5) is 0 Å². The highest BCUT2D eigenvalue weighted by Crippen LogP contribution is 2.24. The number of nitrogens with zero attached hydrogens (tertiary/aromatic N) is 1. The third-order valence-electron chi connectivity index (χ3n) is 2.41. The van der Waals surface area contributed by atoms with Gasteiger partial charge in [-0.1, -0.05) is 32.4 Å². The molecule has 0 aliphatic rings. The highest BCUT2D eigenvalue weighted by atomic mass is 32.1. The van der Waals surface area contributed by atoms with E-state index in [0.29, 0.717) is 0 Å². The zero-order chi connectivity index (χ0) is 12.2. The fourth-order valence-corrected chi connectivity index (χ4v) is 2.49. The van der Waals surface area contributed by atoms with Crippen LogP contribution in [0.3, 0.4) is 0 Å². The lowest BCUT2D eigenvalue weighted by Gasteiger charge is -2.14. The van der Waals surface area contributed by atoms with Crippen LogP contribution >= 0.6 is 11.3 Å². The van der Waals surface area contributed by atoms with Gasteiger partial charge in [-0.15, -0.1) is 11.3 Å². The molecule has 2 nitrogen and oxygen atoms in total.